The van der Waals surface area contributed by atoms with E-state index in [9.17, 15) is 14.4 Å². The van der Waals surface area contributed by atoms with Gasteiger partial charge in [0.25, 0.3) is 5.91 Å². The second-order valence-corrected chi connectivity index (χ2v) is 7.22. The summed E-state index contributed by atoms with van der Waals surface area (Å²) in [7, 11) is 0. The van der Waals surface area contributed by atoms with Gasteiger partial charge in [-0.3, -0.25) is 9.59 Å². The lowest BCUT2D eigenvalue weighted by Gasteiger charge is -2.19. The van der Waals surface area contributed by atoms with Crippen molar-refractivity contribution in [3.05, 3.63) is 35.9 Å². The molecule has 1 atom stereocenters. The number of carboxylic acid groups (broad SMARTS) is 1. The van der Waals surface area contributed by atoms with E-state index >= 15 is 0 Å². The third-order valence-electron chi connectivity index (χ3n) is 4.45. The fourth-order valence-corrected chi connectivity index (χ4v) is 2.58. The maximum atomic E-state index is 12.2. The Bertz CT molecular complexity index is 612. The lowest BCUT2D eigenvalue weighted by atomic mass is 10.0. The van der Waals surface area contributed by atoms with Crippen molar-refractivity contribution in [1.29, 1.82) is 0 Å². The zero-order valence-electron chi connectivity index (χ0n) is 16.5. The van der Waals surface area contributed by atoms with Crippen molar-refractivity contribution in [2.24, 2.45) is 0 Å². The van der Waals surface area contributed by atoms with E-state index in [1.54, 1.807) is 38.1 Å². The summed E-state index contributed by atoms with van der Waals surface area (Å²) in [4.78, 5) is 34.9. The lowest BCUT2D eigenvalue weighted by Crippen LogP contribution is -2.39. The predicted octanol–water partition coefficient (Wildman–Crippen LogP) is 3.59. The number of amides is 1. The van der Waals surface area contributed by atoms with Crippen molar-refractivity contribution in [1.82, 2.24) is 5.32 Å². The molecular formula is C21H31NO5. The van der Waals surface area contributed by atoms with Gasteiger partial charge in [-0.15, -0.1) is 0 Å². The molecule has 0 fully saturated rings. The van der Waals surface area contributed by atoms with E-state index < -0.39 is 17.6 Å². The van der Waals surface area contributed by atoms with Crippen LogP contribution in [0.2, 0.25) is 0 Å². The molecule has 6 nitrogen and oxygen atoms in total. The normalized spacial score (nSPS) is 12.4. The Hall–Kier alpha value is -2.21. The minimum Gasteiger partial charge on any atom is -0.479 e. The summed E-state index contributed by atoms with van der Waals surface area (Å²) in [6, 6.07) is 8.41. The van der Waals surface area contributed by atoms with Gasteiger partial charge < -0.3 is 15.2 Å². The van der Waals surface area contributed by atoms with Crippen LogP contribution in [0.1, 0.15) is 69.7 Å². The van der Waals surface area contributed by atoms with E-state index in [0.717, 1.165) is 32.1 Å². The number of carboxylic acids is 1. The Labute approximate surface area is 161 Å². The molecule has 0 spiro atoms. The van der Waals surface area contributed by atoms with Crippen molar-refractivity contribution in [2.75, 3.05) is 6.61 Å². The molecule has 1 aromatic rings. The first kappa shape index (κ1) is 22.8. The number of ether oxygens (including phenoxy) is 1. The number of Topliss-reactive ketones (excluding diaryl/α,β-unsaturated/α-hetero) is 1. The first-order chi connectivity index (χ1) is 12.7. The van der Waals surface area contributed by atoms with Crippen LogP contribution >= 0.6 is 0 Å². The Morgan fingerprint density at radius 1 is 1.04 bits per heavy atom. The van der Waals surface area contributed by atoms with Crippen LogP contribution in [0.5, 0.6) is 0 Å². The highest BCUT2D eigenvalue weighted by molar-refractivity contribution is 5.97. The summed E-state index contributed by atoms with van der Waals surface area (Å²) in [5.74, 6) is -1.23. The number of hydrogen-bond acceptors (Lipinski definition) is 4. The SMILES string of the molecule is CC(=O)C(CCCCCCCOC(C)(C)C(=O)O)NC(=O)c1ccccc1. The van der Waals surface area contributed by atoms with Gasteiger partial charge in [-0.2, -0.15) is 0 Å². The van der Waals surface area contributed by atoms with Gasteiger partial charge in [0.1, 0.15) is 0 Å². The van der Waals surface area contributed by atoms with Crippen molar-refractivity contribution < 1.29 is 24.2 Å². The summed E-state index contributed by atoms with van der Waals surface area (Å²) < 4.78 is 5.36. The molecule has 6 heteroatoms. The van der Waals surface area contributed by atoms with Gasteiger partial charge in [0.2, 0.25) is 0 Å². The topological polar surface area (TPSA) is 92.7 Å². The van der Waals surface area contributed by atoms with E-state index in [1.807, 2.05) is 6.07 Å². The van der Waals surface area contributed by atoms with E-state index in [0.29, 0.717) is 18.6 Å². The molecule has 1 rings (SSSR count). The van der Waals surface area contributed by atoms with Crippen LogP contribution in [0.3, 0.4) is 0 Å². The monoisotopic (exact) mass is 377 g/mol. The molecule has 0 aliphatic carbocycles. The van der Waals surface area contributed by atoms with Gasteiger partial charge in [0.05, 0.1) is 6.04 Å². The van der Waals surface area contributed by atoms with Gasteiger partial charge >= 0.3 is 5.97 Å². The Balaban J connectivity index is 2.21. The maximum absolute atomic E-state index is 12.2. The number of hydrogen-bond donors (Lipinski definition) is 2. The van der Waals surface area contributed by atoms with E-state index in [-0.39, 0.29) is 11.7 Å². The molecule has 0 heterocycles. The highest BCUT2D eigenvalue weighted by Crippen LogP contribution is 2.13. The van der Waals surface area contributed by atoms with Crippen LogP contribution in [-0.4, -0.2) is 41.0 Å². The number of benzene rings is 1. The van der Waals surface area contributed by atoms with Gasteiger partial charge in [-0.05, 0) is 45.7 Å². The minimum atomic E-state index is -1.15. The number of carbonyl (C=O) groups excluding carboxylic acids is 2. The highest BCUT2D eigenvalue weighted by Gasteiger charge is 2.27. The third kappa shape index (κ3) is 8.82. The van der Waals surface area contributed by atoms with Crippen molar-refractivity contribution in [3.8, 4) is 0 Å². The van der Waals surface area contributed by atoms with Crippen LogP contribution in [0.15, 0.2) is 30.3 Å². The molecule has 0 aromatic heterocycles. The maximum Gasteiger partial charge on any atom is 0.335 e. The summed E-state index contributed by atoms with van der Waals surface area (Å²) in [6.45, 7) is 5.00. The van der Waals surface area contributed by atoms with Crippen LogP contribution < -0.4 is 5.32 Å². The van der Waals surface area contributed by atoms with Crippen molar-refractivity contribution in [3.63, 3.8) is 0 Å². The summed E-state index contributed by atoms with van der Waals surface area (Å²) in [6.07, 6.45) is 5.15. The molecule has 27 heavy (non-hydrogen) atoms. The van der Waals surface area contributed by atoms with Crippen LogP contribution in [0.25, 0.3) is 0 Å². The van der Waals surface area contributed by atoms with E-state index in [4.69, 9.17) is 9.84 Å². The molecule has 0 aliphatic rings. The summed E-state index contributed by atoms with van der Waals surface area (Å²) in [5, 5.41) is 11.8. The first-order valence-electron chi connectivity index (χ1n) is 9.48. The van der Waals surface area contributed by atoms with Gasteiger partial charge in [-0.25, -0.2) is 4.79 Å². The van der Waals surface area contributed by atoms with E-state index in [2.05, 4.69) is 5.32 Å². The number of unbranched alkanes of at least 4 members (excludes halogenated alkanes) is 4. The number of nitrogens with one attached hydrogen (secondary N) is 1. The van der Waals surface area contributed by atoms with Crippen LogP contribution in [-0.2, 0) is 14.3 Å². The van der Waals surface area contributed by atoms with Crippen molar-refractivity contribution >= 4 is 17.7 Å². The molecule has 0 saturated carbocycles. The third-order valence-corrected chi connectivity index (χ3v) is 4.45. The van der Waals surface area contributed by atoms with Crippen LogP contribution in [0, 0.1) is 0 Å². The predicted molar refractivity (Wildman–Crippen MR) is 104 cm³/mol. The molecule has 0 bridgehead atoms. The molecule has 0 saturated heterocycles. The van der Waals surface area contributed by atoms with Gasteiger partial charge in [-0.1, -0.05) is 43.9 Å². The lowest BCUT2D eigenvalue weighted by molar-refractivity contribution is -0.161. The summed E-state index contributed by atoms with van der Waals surface area (Å²) >= 11 is 0. The average Bonchev–Trinajstić information content (AvgIpc) is 2.63. The largest absolute Gasteiger partial charge is 0.479 e. The molecule has 1 unspecified atom stereocenters. The fraction of sp³-hybridized carbons (Fsp3) is 0.571. The smallest absolute Gasteiger partial charge is 0.335 e. The molecule has 2 N–H and O–H groups in total. The average molecular weight is 377 g/mol. The highest BCUT2D eigenvalue weighted by atomic mass is 16.5. The molecule has 0 radical (unpaired) electrons. The Kier molecular flexibility index (Phi) is 9.72. The zero-order chi connectivity index (χ0) is 20.3. The van der Waals surface area contributed by atoms with Gasteiger partial charge in [0.15, 0.2) is 11.4 Å². The Morgan fingerprint density at radius 2 is 1.63 bits per heavy atom. The Morgan fingerprint density at radius 3 is 2.22 bits per heavy atom. The molecule has 1 aromatic carbocycles. The zero-order valence-corrected chi connectivity index (χ0v) is 16.5. The number of ketones is 1. The second kappa shape index (κ2) is 11.5. The van der Waals surface area contributed by atoms with Crippen molar-refractivity contribution in [2.45, 2.75) is 70.9 Å². The van der Waals surface area contributed by atoms with E-state index in [1.165, 1.54) is 6.92 Å². The van der Waals surface area contributed by atoms with Crippen LogP contribution in [0.4, 0.5) is 0 Å². The molecule has 1 amide bonds. The molecular weight excluding hydrogens is 346 g/mol. The quantitative estimate of drug-likeness (QED) is 0.513. The standard InChI is InChI=1S/C21H31NO5/c1-16(23)18(22-19(24)17-12-8-7-9-13-17)14-10-5-4-6-11-15-27-21(2,3)20(25)26/h7-9,12-13,18H,4-6,10-11,14-15H2,1-3H3,(H,22,24)(H,25,26). The molecule has 150 valence electrons. The minimum absolute atomic E-state index is 0.0383. The molecule has 0 aliphatic heterocycles. The second-order valence-electron chi connectivity index (χ2n) is 7.22. The number of rotatable bonds is 13. The summed E-state index contributed by atoms with van der Waals surface area (Å²) in [5.41, 5.74) is -0.598. The number of aliphatic carboxylic acids is 1. The van der Waals surface area contributed by atoms with Gasteiger partial charge in [0, 0.05) is 12.2 Å². The fourth-order valence-electron chi connectivity index (χ4n) is 2.58. The number of carbonyl (C=O) groups is 3. The first-order valence-corrected chi connectivity index (χ1v) is 9.48.